The van der Waals surface area contributed by atoms with E-state index in [0.717, 1.165) is 33.8 Å². The third-order valence-electron chi connectivity index (χ3n) is 3.78. The molecule has 0 saturated heterocycles. The van der Waals surface area contributed by atoms with Crippen molar-refractivity contribution in [3.05, 3.63) is 71.8 Å². The van der Waals surface area contributed by atoms with E-state index in [0.29, 0.717) is 10.7 Å². The molecule has 6 heteroatoms. The molecule has 4 rings (SSSR count). The van der Waals surface area contributed by atoms with Gasteiger partial charge >= 0.3 is 0 Å². The Hall–Kier alpha value is -3.05. The van der Waals surface area contributed by atoms with Crippen molar-refractivity contribution in [2.75, 3.05) is 5.32 Å². The van der Waals surface area contributed by atoms with Crippen LogP contribution in [0.25, 0.3) is 22.4 Å². The zero-order chi connectivity index (χ0) is 17.2. The molecule has 0 radical (unpaired) electrons. The van der Waals surface area contributed by atoms with Crippen LogP contribution in [-0.2, 0) is 0 Å². The average molecular weight is 348 g/mol. The molecule has 0 aliphatic heterocycles. The molecular weight excluding hydrogens is 334 g/mol. The fourth-order valence-electron chi connectivity index (χ4n) is 2.60. The minimum Gasteiger partial charge on any atom is -0.354 e. The van der Waals surface area contributed by atoms with E-state index < -0.39 is 0 Å². The molecule has 0 spiro atoms. The normalized spacial score (nSPS) is 10.8. The highest BCUT2D eigenvalue weighted by molar-refractivity contribution is 6.33. The third kappa shape index (κ3) is 3.14. The smallest absolute Gasteiger partial charge is 0.161 e. The van der Waals surface area contributed by atoms with Gasteiger partial charge < -0.3 is 5.32 Å². The number of hydrogen-bond donors (Lipinski definition) is 1. The number of fused-ring (bicyclic) bond motifs is 1. The molecule has 122 valence electrons. The van der Waals surface area contributed by atoms with Crippen molar-refractivity contribution in [2.45, 2.75) is 6.92 Å². The van der Waals surface area contributed by atoms with Gasteiger partial charge in [0.2, 0.25) is 0 Å². The highest BCUT2D eigenvalue weighted by atomic mass is 35.5. The number of nitrogens with one attached hydrogen (secondary N) is 1. The molecule has 0 fully saturated rings. The van der Waals surface area contributed by atoms with Gasteiger partial charge in [-0.05, 0) is 43.3 Å². The lowest BCUT2D eigenvalue weighted by Crippen LogP contribution is -1.98. The van der Waals surface area contributed by atoms with Crippen LogP contribution in [0.5, 0.6) is 0 Å². The zero-order valence-corrected chi connectivity index (χ0v) is 14.2. The first-order chi connectivity index (χ1) is 12.2. The summed E-state index contributed by atoms with van der Waals surface area (Å²) in [6, 6.07) is 13.5. The number of nitrogens with zero attached hydrogens (tertiary/aromatic N) is 4. The number of aromatic nitrogens is 4. The van der Waals surface area contributed by atoms with Gasteiger partial charge in [0.05, 0.1) is 27.8 Å². The summed E-state index contributed by atoms with van der Waals surface area (Å²) in [5.41, 5.74) is 4.78. The van der Waals surface area contributed by atoms with Gasteiger partial charge in [-0.2, -0.15) is 0 Å². The van der Waals surface area contributed by atoms with E-state index in [1.807, 2.05) is 49.4 Å². The van der Waals surface area contributed by atoms with Crippen LogP contribution in [0.15, 0.2) is 61.1 Å². The Kier molecular flexibility index (Phi) is 3.99. The first-order valence-corrected chi connectivity index (χ1v) is 8.15. The summed E-state index contributed by atoms with van der Waals surface area (Å²) in [5.74, 6) is 0. The second-order valence-corrected chi connectivity index (χ2v) is 5.98. The molecule has 0 aliphatic rings. The van der Waals surface area contributed by atoms with Crippen LogP contribution >= 0.6 is 11.6 Å². The van der Waals surface area contributed by atoms with E-state index in [4.69, 9.17) is 11.6 Å². The van der Waals surface area contributed by atoms with Crippen molar-refractivity contribution >= 4 is 34.0 Å². The van der Waals surface area contributed by atoms with E-state index in [9.17, 15) is 0 Å². The molecule has 25 heavy (non-hydrogen) atoms. The lowest BCUT2D eigenvalue weighted by Gasteiger charge is -2.12. The summed E-state index contributed by atoms with van der Waals surface area (Å²) in [7, 11) is 0. The van der Waals surface area contributed by atoms with Gasteiger partial charge in [0.15, 0.2) is 5.65 Å². The Bertz CT molecular complexity index is 1060. The van der Waals surface area contributed by atoms with Gasteiger partial charge in [0.1, 0.15) is 0 Å². The van der Waals surface area contributed by atoms with Crippen LogP contribution in [0, 0.1) is 6.92 Å². The standard InChI is InChI=1S/C19H14ClN5/c1-12-4-2-6-16(23-12)18-10-17(13-5-3-8-22-19(13)25-18)24-15-7-9-21-11-14(15)20/h2-11H,1H3,(H,21,22,24,25). The number of halogens is 1. The molecule has 5 nitrogen and oxygen atoms in total. The summed E-state index contributed by atoms with van der Waals surface area (Å²) in [4.78, 5) is 17.6. The Morgan fingerprint density at radius 2 is 1.84 bits per heavy atom. The SMILES string of the molecule is Cc1cccc(-c2cc(Nc3ccncc3Cl)c3cccnc3n2)n1. The summed E-state index contributed by atoms with van der Waals surface area (Å²) in [6.07, 6.45) is 5.03. The molecule has 1 N–H and O–H groups in total. The van der Waals surface area contributed by atoms with E-state index in [1.54, 1.807) is 18.6 Å². The molecule has 0 atom stereocenters. The number of hydrogen-bond acceptors (Lipinski definition) is 5. The molecule has 0 aromatic carbocycles. The lowest BCUT2D eigenvalue weighted by atomic mass is 10.1. The highest BCUT2D eigenvalue weighted by Gasteiger charge is 2.11. The van der Waals surface area contributed by atoms with E-state index in [-0.39, 0.29) is 0 Å². The maximum absolute atomic E-state index is 6.23. The quantitative estimate of drug-likeness (QED) is 0.577. The van der Waals surface area contributed by atoms with Crippen molar-refractivity contribution < 1.29 is 0 Å². The predicted molar refractivity (Wildman–Crippen MR) is 100 cm³/mol. The van der Waals surface area contributed by atoms with Gasteiger partial charge in [-0.25, -0.2) is 9.97 Å². The van der Waals surface area contributed by atoms with Gasteiger partial charge in [-0.15, -0.1) is 0 Å². The van der Waals surface area contributed by atoms with Gasteiger partial charge in [-0.1, -0.05) is 17.7 Å². The van der Waals surface area contributed by atoms with Gasteiger partial charge in [0.25, 0.3) is 0 Å². The molecule has 0 bridgehead atoms. The van der Waals surface area contributed by atoms with Crippen LogP contribution in [0.1, 0.15) is 5.69 Å². The zero-order valence-electron chi connectivity index (χ0n) is 13.4. The van der Waals surface area contributed by atoms with Crippen LogP contribution in [0.4, 0.5) is 11.4 Å². The molecule has 0 aliphatic carbocycles. The molecule has 4 heterocycles. The van der Waals surface area contributed by atoms with Gasteiger partial charge in [-0.3, -0.25) is 9.97 Å². The fraction of sp³-hybridized carbons (Fsp3) is 0.0526. The molecule has 4 aromatic rings. The summed E-state index contributed by atoms with van der Waals surface area (Å²) in [5, 5.41) is 4.82. The number of pyridine rings is 4. The molecule has 4 aromatic heterocycles. The molecule has 0 amide bonds. The lowest BCUT2D eigenvalue weighted by molar-refractivity contribution is 1.18. The second kappa shape index (κ2) is 6.45. The topological polar surface area (TPSA) is 63.6 Å². The Morgan fingerprint density at radius 3 is 2.68 bits per heavy atom. The predicted octanol–water partition coefficient (Wildman–Crippen LogP) is 4.79. The van der Waals surface area contributed by atoms with E-state index in [1.165, 1.54) is 0 Å². The van der Waals surface area contributed by atoms with Gasteiger partial charge in [0, 0.05) is 29.7 Å². The van der Waals surface area contributed by atoms with E-state index >= 15 is 0 Å². The number of rotatable bonds is 3. The Labute approximate surface area is 149 Å². The minimum atomic E-state index is 0.548. The monoisotopic (exact) mass is 347 g/mol. The number of aryl methyl sites for hydroxylation is 1. The van der Waals surface area contributed by atoms with Crippen LogP contribution < -0.4 is 5.32 Å². The third-order valence-corrected chi connectivity index (χ3v) is 4.08. The second-order valence-electron chi connectivity index (χ2n) is 5.57. The Balaban J connectivity index is 1.89. The first kappa shape index (κ1) is 15.5. The number of anilines is 2. The van der Waals surface area contributed by atoms with Crippen LogP contribution in [0.2, 0.25) is 5.02 Å². The molecule has 0 unspecified atom stereocenters. The van der Waals surface area contributed by atoms with Crippen molar-refractivity contribution in [3.63, 3.8) is 0 Å². The van der Waals surface area contributed by atoms with Crippen LogP contribution in [0.3, 0.4) is 0 Å². The van der Waals surface area contributed by atoms with E-state index in [2.05, 4.69) is 25.3 Å². The Morgan fingerprint density at radius 1 is 0.920 bits per heavy atom. The van der Waals surface area contributed by atoms with Crippen molar-refractivity contribution in [1.29, 1.82) is 0 Å². The minimum absolute atomic E-state index is 0.548. The summed E-state index contributed by atoms with van der Waals surface area (Å²) >= 11 is 6.23. The first-order valence-electron chi connectivity index (χ1n) is 7.77. The van der Waals surface area contributed by atoms with Crippen molar-refractivity contribution in [1.82, 2.24) is 19.9 Å². The summed E-state index contributed by atoms with van der Waals surface area (Å²) < 4.78 is 0. The largest absolute Gasteiger partial charge is 0.354 e. The molecular formula is C19H14ClN5. The summed E-state index contributed by atoms with van der Waals surface area (Å²) in [6.45, 7) is 1.96. The maximum atomic E-state index is 6.23. The fourth-order valence-corrected chi connectivity index (χ4v) is 2.77. The molecule has 0 saturated carbocycles. The van der Waals surface area contributed by atoms with Crippen LogP contribution in [-0.4, -0.2) is 19.9 Å². The maximum Gasteiger partial charge on any atom is 0.161 e. The highest BCUT2D eigenvalue weighted by Crippen LogP contribution is 2.31. The van der Waals surface area contributed by atoms with Crippen molar-refractivity contribution in [2.24, 2.45) is 0 Å². The average Bonchev–Trinajstić information content (AvgIpc) is 2.63. The van der Waals surface area contributed by atoms with Crippen molar-refractivity contribution in [3.8, 4) is 11.4 Å².